The summed E-state index contributed by atoms with van der Waals surface area (Å²) in [5, 5.41) is 13.1. The Kier molecular flexibility index (Phi) is 4.37. The van der Waals surface area contributed by atoms with Crippen LogP contribution in [0.5, 0.6) is 0 Å². The van der Waals surface area contributed by atoms with Crippen LogP contribution in [0.2, 0.25) is 0 Å². The van der Waals surface area contributed by atoms with E-state index in [0.29, 0.717) is 5.82 Å². The fourth-order valence-electron chi connectivity index (χ4n) is 2.20. The minimum atomic E-state index is -0.825. The molecule has 2 N–H and O–H groups in total. The molecule has 2 aromatic carbocycles. The predicted molar refractivity (Wildman–Crippen MR) is 89.7 cm³/mol. The molecule has 3 rings (SSSR count). The van der Waals surface area contributed by atoms with Gasteiger partial charge in [0.1, 0.15) is 11.9 Å². The average Bonchev–Trinajstić information content (AvgIpc) is 2.58. The van der Waals surface area contributed by atoms with Crippen LogP contribution in [0.1, 0.15) is 11.1 Å². The van der Waals surface area contributed by atoms with Crippen LogP contribution in [-0.4, -0.2) is 16.9 Å². The van der Waals surface area contributed by atoms with Crippen LogP contribution < -0.4 is 5.32 Å². The lowest BCUT2D eigenvalue weighted by molar-refractivity contribution is 0.262. The molecule has 0 aromatic heterocycles. The van der Waals surface area contributed by atoms with Gasteiger partial charge in [-0.3, -0.25) is 0 Å². The number of dihydropyridines is 1. The van der Waals surface area contributed by atoms with E-state index in [2.05, 4.69) is 10.3 Å². The molecule has 2 aromatic rings. The van der Waals surface area contributed by atoms with Gasteiger partial charge in [-0.15, -0.1) is 0 Å². The minimum absolute atomic E-state index is 0.284. The van der Waals surface area contributed by atoms with Crippen molar-refractivity contribution in [2.75, 3.05) is 0 Å². The van der Waals surface area contributed by atoms with Gasteiger partial charge in [-0.2, -0.15) is 0 Å². The van der Waals surface area contributed by atoms with Crippen LogP contribution in [0, 0.1) is 0 Å². The molecule has 0 bridgehead atoms. The van der Waals surface area contributed by atoms with Crippen LogP contribution in [0.25, 0.3) is 0 Å². The van der Waals surface area contributed by atoms with Crippen molar-refractivity contribution in [3.05, 3.63) is 94.9 Å². The smallest absolute Gasteiger partial charge is 0.148 e. The van der Waals surface area contributed by atoms with Crippen LogP contribution >= 0.6 is 11.6 Å². The number of rotatable bonds is 3. The molecule has 0 aliphatic carbocycles. The minimum Gasteiger partial charge on any atom is -0.383 e. The Bertz CT molecular complexity index is 695. The predicted octanol–water partition coefficient (Wildman–Crippen LogP) is 3.41. The maximum Gasteiger partial charge on any atom is 0.148 e. The summed E-state index contributed by atoms with van der Waals surface area (Å²) >= 11 is 6.16. The van der Waals surface area contributed by atoms with Crippen LogP contribution in [0.3, 0.4) is 0 Å². The first kappa shape index (κ1) is 14.6. The van der Waals surface area contributed by atoms with Gasteiger partial charge < -0.3 is 10.4 Å². The molecule has 1 atom stereocenters. The molecule has 1 aliphatic heterocycles. The number of benzene rings is 2. The fraction of sp³-hybridized carbons (Fsp3) is 0.0556. The van der Waals surface area contributed by atoms with Crippen molar-refractivity contribution in [3.8, 4) is 0 Å². The summed E-state index contributed by atoms with van der Waals surface area (Å²) in [5.74, 6) is 0.458. The quantitative estimate of drug-likeness (QED) is 0.853. The van der Waals surface area contributed by atoms with E-state index in [1.54, 1.807) is 12.3 Å². The molecule has 3 nitrogen and oxygen atoms in total. The third-order valence-electron chi connectivity index (χ3n) is 3.30. The molecule has 0 spiro atoms. The monoisotopic (exact) mass is 310 g/mol. The number of aliphatic hydroxyl groups excluding tert-OH is 1. The van der Waals surface area contributed by atoms with E-state index in [0.717, 1.165) is 16.8 Å². The van der Waals surface area contributed by atoms with E-state index >= 15 is 0 Å². The molecule has 0 radical (unpaired) electrons. The van der Waals surface area contributed by atoms with Gasteiger partial charge in [0.2, 0.25) is 0 Å². The number of aliphatic hydroxyl groups is 1. The van der Waals surface area contributed by atoms with Crippen LogP contribution in [0.15, 0.2) is 88.8 Å². The lowest BCUT2D eigenvalue weighted by atomic mass is 10.0. The Hall–Kier alpha value is -2.36. The number of hydrogen-bond acceptors (Lipinski definition) is 3. The molecule has 0 saturated carbocycles. The fourth-order valence-corrected chi connectivity index (χ4v) is 2.37. The van der Waals surface area contributed by atoms with E-state index in [9.17, 15) is 5.11 Å². The highest BCUT2D eigenvalue weighted by molar-refractivity contribution is 6.31. The molecule has 110 valence electrons. The van der Waals surface area contributed by atoms with Crippen molar-refractivity contribution < 1.29 is 5.11 Å². The molecular formula is C18H15ClN2O. The van der Waals surface area contributed by atoms with Crippen LogP contribution in [0.4, 0.5) is 0 Å². The normalized spacial score (nSPS) is 17.1. The van der Waals surface area contributed by atoms with Crippen molar-refractivity contribution in [1.82, 2.24) is 5.32 Å². The molecular weight excluding hydrogens is 296 g/mol. The standard InChI is InChI=1S/C18H15ClN2O/c19-16-15(22)11-12-20-18(16)21-17(13-7-3-1-4-8-13)14-9-5-2-6-10-14/h1-12,15,20,22H. The summed E-state index contributed by atoms with van der Waals surface area (Å²) in [4.78, 5) is 4.65. The first-order valence-corrected chi connectivity index (χ1v) is 7.34. The Labute approximate surface area is 134 Å². The summed E-state index contributed by atoms with van der Waals surface area (Å²) in [7, 11) is 0. The topological polar surface area (TPSA) is 44.6 Å². The number of hydrogen-bond donors (Lipinski definition) is 2. The summed E-state index contributed by atoms with van der Waals surface area (Å²) < 4.78 is 0. The van der Waals surface area contributed by atoms with Crippen molar-refractivity contribution >= 4 is 17.3 Å². The lowest BCUT2D eigenvalue weighted by Gasteiger charge is -2.16. The third kappa shape index (κ3) is 3.11. The second-order valence-electron chi connectivity index (χ2n) is 4.84. The van der Waals surface area contributed by atoms with E-state index in [1.807, 2.05) is 60.7 Å². The second kappa shape index (κ2) is 6.60. The van der Waals surface area contributed by atoms with Crippen molar-refractivity contribution in [2.24, 2.45) is 4.99 Å². The zero-order valence-electron chi connectivity index (χ0n) is 11.8. The Morgan fingerprint density at radius 3 is 2.05 bits per heavy atom. The Morgan fingerprint density at radius 1 is 0.955 bits per heavy atom. The molecule has 0 fully saturated rings. The van der Waals surface area contributed by atoms with Gasteiger partial charge in [-0.25, -0.2) is 4.99 Å². The van der Waals surface area contributed by atoms with Gasteiger partial charge in [-0.1, -0.05) is 72.3 Å². The zero-order valence-corrected chi connectivity index (χ0v) is 12.5. The van der Waals surface area contributed by atoms with Gasteiger partial charge in [0, 0.05) is 17.3 Å². The number of halogens is 1. The van der Waals surface area contributed by atoms with E-state index in [-0.39, 0.29) is 5.03 Å². The average molecular weight is 311 g/mol. The number of nitrogens with one attached hydrogen (secondary N) is 1. The molecule has 0 amide bonds. The highest BCUT2D eigenvalue weighted by Crippen LogP contribution is 2.20. The molecule has 1 aliphatic rings. The number of aliphatic imine (C=N–C) groups is 1. The molecule has 22 heavy (non-hydrogen) atoms. The summed E-state index contributed by atoms with van der Waals surface area (Å²) in [6, 6.07) is 19.8. The van der Waals surface area contributed by atoms with Gasteiger partial charge in [0.05, 0.1) is 10.7 Å². The largest absolute Gasteiger partial charge is 0.383 e. The van der Waals surface area contributed by atoms with Crippen molar-refractivity contribution in [1.29, 1.82) is 0 Å². The lowest BCUT2D eigenvalue weighted by Crippen LogP contribution is -2.19. The van der Waals surface area contributed by atoms with Crippen molar-refractivity contribution in [2.45, 2.75) is 6.10 Å². The highest BCUT2D eigenvalue weighted by atomic mass is 35.5. The van der Waals surface area contributed by atoms with Gasteiger partial charge in [0.15, 0.2) is 0 Å². The second-order valence-corrected chi connectivity index (χ2v) is 5.24. The van der Waals surface area contributed by atoms with Crippen molar-refractivity contribution in [3.63, 3.8) is 0 Å². The zero-order chi connectivity index (χ0) is 15.4. The molecule has 1 heterocycles. The SMILES string of the molecule is OC1C=CNC(N=C(c2ccccc2)c2ccccc2)=C1Cl. The first-order valence-electron chi connectivity index (χ1n) is 6.96. The van der Waals surface area contributed by atoms with Crippen LogP contribution in [-0.2, 0) is 0 Å². The Balaban J connectivity index is 2.11. The molecule has 4 heteroatoms. The molecule has 0 saturated heterocycles. The van der Waals surface area contributed by atoms with Gasteiger partial charge in [-0.05, 0) is 6.08 Å². The Morgan fingerprint density at radius 2 is 1.50 bits per heavy atom. The summed E-state index contributed by atoms with van der Waals surface area (Å²) in [6.07, 6.45) is 2.39. The maximum atomic E-state index is 9.82. The molecule has 1 unspecified atom stereocenters. The van der Waals surface area contributed by atoms with Gasteiger partial charge in [0.25, 0.3) is 0 Å². The summed E-state index contributed by atoms with van der Waals surface area (Å²) in [5.41, 5.74) is 2.76. The third-order valence-corrected chi connectivity index (χ3v) is 3.71. The maximum absolute atomic E-state index is 9.82. The first-order chi connectivity index (χ1) is 10.8. The van der Waals surface area contributed by atoms with Gasteiger partial charge >= 0.3 is 0 Å². The summed E-state index contributed by atoms with van der Waals surface area (Å²) in [6.45, 7) is 0. The van der Waals surface area contributed by atoms with E-state index in [1.165, 1.54) is 0 Å². The van der Waals surface area contributed by atoms with E-state index in [4.69, 9.17) is 11.6 Å². The number of nitrogens with zero attached hydrogens (tertiary/aromatic N) is 1. The van der Waals surface area contributed by atoms with E-state index < -0.39 is 6.10 Å². The highest BCUT2D eigenvalue weighted by Gasteiger charge is 2.16.